The fourth-order valence-corrected chi connectivity index (χ4v) is 1.81. The Morgan fingerprint density at radius 1 is 1.31 bits per heavy atom. The number of hydrogen-bond donors (Lipinski definition) is 3. The van der Waals surface area contributed by atoms with E-state index in [1.165, 1.54) is 6.92 Å². The fraction of sp³-hybridized carbons (Fsp3) is 0.750. The van der Waals surface area contributed by atoms with Gasteiger partial charge in [0.15, 0.2) is 0 Å². The average Bonchev–Trinajstić information content (AvgIpc) is 2.15. The standard InChI is InChI=1S/C8H15NO6S/c1-2-16(14,15)9-6(8(12)13)4-3-5-7(10)11/h6,9H,2-5H2,1H3,(H,10,11)(H,12,13). The molecule has 0 aliphatic rings. The van der Waals surface area contributed by atoms with E-state index in [1.807, 2.05) is 4.72 Å². The molecule has 0 bridgehead atoms. The molecule has 0 aromatic heterocycles. The molecule has 0 amide bonds. The topological polar surface area (TPSA) is 121 Å². The van der Waals surface area contributed by atoms with E-state index in [-0.39, 0.29) is 25.0 Å². The minimum atomic E-state index is -3.59. The van der Waals surface area contributed by atoms with E-state index < -0.39 is 28.0 Å². The number of carbonyl (C=O) groups is 2. The molecule has 0 aromatic rings. The first-order valence-corrected chi connectivity index (χ1v) is 6.38. The van der Waals surface area contributed by atoms with Crippen LogP contribution in [0.25, 0.3) is 0 Å². The zero-order valence-corrected chi connectivity index (χ0v) is 9.66. The monoisotopic (exact) mass is 253 g/mol. The maximum atomic E-state index is 11.1. The summed E-state index contributed by atoms with van der Waals surface area (Å²) in [6, 6.07) is -1.26. The molecule has 0 saturated carbocycles. The van der Waals surface area contributed by atoms with Crippen LogP contribution >= 0.6 is 0 Å². The van der Waals surface area contributed by atoms with Crippen LogP contribution in [0.2, 0.25) is 0 Å². The van der Waals surface area contributed by atoms with Crippen molar-refractivity contribution in [3.63, 3.8) is 0 Å². The molecule has 7 nitrogen and oxygen atoms in total. The Morgan fingerprint density at radius 3 is 2.25 bits per heavy atom. The number of hydrogen-bond acceptors (Lipinski definition) is 4. The van der Waals surface area contributed by atoms with Crippen molar-refractivity contribution in [3.05, 3.63) is 0 Å². The smallest absolute Gasteiger partial charge is 0.321 e. The van der Waals surface area contributed by atoms with E-state index in [1.54, 1.807) is 0 Å². The van der Waals surface area contributed by atoms with Gasteiger partial charge in [-0.3, -0.25) is 9.59 Å². The molecule has 0 aliphatic carbocycles. The second kappa shape index (κ2) is 6.44. The molecule has 0 aliphatic heterocycles. The molecule has 94 valence electrons. The number of rotatable bonds is 8. The summed E-state index contributed by atoms with van der Waals surface area (Å²) in [5, 5.41) is 17.1. The number of carboxylic acids is 2. The molecule has 1 atom stereocenters. The number of nitrogens with one attached hydrogen (secondary N) is 1. The molecule has 0 spiro atoms. The first kappa shape index (κ1) is 14.8. The quantitative estimate of drug-likeness (QED) is 0.543. The fourth-order valence-electron chi connectivity index (χ4n) is 0.990. The minimum absolute atomic E-state index is 0.0408. The van der Waals surface area contributed by atoms with E-state index in [0.717, 1.165) is 0 Å². The average molecular weight is 253 g/mol. The Bertz CT molecular complexity index is 350. The number of sulfonamides is 1. The van der Waals surface area contributed by atoms with Crippen LogP contribution in [0.15, 0.2) is 0 Å². The first-order valence-electron chi connectivity index (χ1n) is 4.73. The van der Waals surface area contributed by atoms with Crippen molar-refractivity contribution in [3.8, 4) is 0 Å². The van der Waals surface area contributed by atoms with Crippen LogP contribution in [0.5, 0.6) is 0 Å². The summed E-state index contributed by atoms with van der Waals surface area (Å²) in [4.78, 5) is 20.9. The van der Waals surface area contributed by atoms with Crippen LogP contribution in [0.3, 0.4) is 0 Å². The zero-order valence-electron chi connectivity index (χ0n) is 8.84. The van der Waals surface area contributed by atoms with E-state index >= 15 is 0 Å². The molecule has 0 heterocycles. The second-order valence-corrected chi connectivity index (χ2v) is 5.24. The largest absolute Gasteiger partial charge is 0.481 e. The first-order chi connectivity index (χ1) is 7.28. The zero-order chi connectivity index (χ0) is 12.8. The van der Waals surface area contributed by atoms with Crippen molar-refractivity contribution in [1.82, 2.24) is 4.72 Å². The van der Waals surface area contributed by atoms with Gasteiger partial charge in [-0.25, -0.2) is 13.1 Å². The number of carboxylic acid groups (broad SMARTS) is 2. The Hall–Kier alpha value is -1.15. The van der Waals surface area contributed by atoms with Gasteiger partial charge in [-0.2, -0.15) is 0 Å². The molecule has 8 heteroatoms. The molecule has 0 radical (unpaired) electrons. The molecule has 1 unspecified atom stereocenters. The van der Waals surface area contributed by atoms with Crippen molar-refractivity contribution in [2.45, 2.75) is 32.2 Å². The summed E-state index contributed by atoms with van der Waals surface area (Å²) in [6.45, 7) is 1.39. The van der Waals surface area contributed by atoms with Gasteiger partial charge in [0, 0.05) is 6.42 Å². The van der Waals surface area contributed by atoms with Crippen LogP contribution in [0.1, 0.15) is 26.2 Å². The van der Waals surface area contributed by atoms with Crippen LogP contribution in [0, 0.1) is 0 Å². The third kappa shape index (κ3) is 6.36. The molecule has 3 N–H and O–H groups in total. The highest BCUT2D eigenvalue weighted by molar-refractivity contribution is 7.89. The molecule has 0 fully saturated rings. The lowest BCUT2D eigenvalue weighted by molar-refractivity contribution is -0.140. The van der Waals surface area contributed by atoms with E-state index in [0.29, 0.717) is 0 Å². The second-order valence-electron chi connectivity index (χ2n) is 3.20. The van der Waals surface area contributed by atoms with Gasteiger partial charge < -0.3 is 10.2 Å². The lowest BCUT2D eigenvalue weighted by atomic mass is 10.1. The van der Waals surface area contributed by atoms with Gasteiger partial charge in [0.2, 0.25) is 10.0 Å². The van der Waals surface area contributed by atoms with Crippen molar-refractivity contribution < 1.29 is 28.2 Å². The van der Waals surface area contributed by atoms with Gasteiger partial charge in [-0.1, -0.05) is 0 Å². The highest BCUT2D eigenvalue weighted by atomic mass is 32.2. The van der Waals surface area contributed by atoms with E-state index in [2.05, 4.69) is 0 Å². The highest BCUT2D eigenvalue weighted by Gasteiger charge is 2.22. The molecular weight excluding hydrogens is 238 g/mol. The van der Waals surface area contributed by atoms with Crippen LogP contribution in [-0.4, -0.2) is 42.4 Å². The molecule has 0 rings (SSSR count). The Kier molecular flexibility index (Phi) is 5.97. The predicted molar refractivity (Wildman–Crippen MR) is 55.5 cm³/mol. The van der Waals surface area contributed by atoms with Gasteiger partial charge >= 0.3 is 11.9 Å². The molecule has 16 heavy (non-hydrogen) atoms. The van der Waals surface area contributed by atoms with Gasteiger partial charge in [0.1, 0.15) is 6.04 Å². The summed E-state index contributed by atoms with van der Waals surface area (Å²) < 4.78 is 24.2. The van der Waals surface area contributed by atoms with E-state index in [4.69, 9.17) is 10.2 Å². The number of aliphatic carboxylic acids is 2. The lowest BCUT2D eigenvalue weighted by Gasteiger charge is -2.13. The summed E-state index contributed by atoms with van der Waals surface area (Å²) in [5.41, 5.74) is 0. The summed E-state index contributed by atoms with van der Waals surface area (Å²) in [7, 11) is -3.59. The Morgan fingerprint density at radius 2 is 1.88 bits per heavy atom. The predicted octanol–water partition coefficient (Wildman–Crippen LogP) is -0.366. The summed E-state index contributed by atoms with van der Waals surface area (Å²) in [5.74, 6) is -2.56. The third-order valence-electron chi connectivity index (χ3n) is 1.88. The SMILES string of the molecule is CCS(=O)(=O)NC(CCCC(=O)O)C(=O)O. The highest BCUT2D eigenvalue weighted by Crippen LogP contribution is 2.03. The molecular formula is C8H15NO6S. The van der Waals surface area contributed by atoms with E-state index in [9.17, 15) is 18.0 Å². The Balaban J connectivity index is 4.30. The lowest BCUT2D eigenvalue weighted by Crippen LogP contribution is -2.41. The summed E-state index contributed by atoms with van der Waals surface area (Å²) >= 11 is 0. The van der Waals surface area contributed by atoms with Crippen molar-refractivity contribution in [1.29, 1.82) is 0 Å². The molecule has 0 aromatic carbocycles. The molecule has 0 saturated heterocycles. The van der Waals surface area contributed by atoms with Crippen LogP contribution in [0.4, 0.5) is 0 Å². The van der Waals surface area contributed by atoms with Gasteiger partial charge in [0.25, 0.3) is 0 Å². The minimum Gasteiger partial charge on any atom is -0.481 e. The van der Waals surface area contributed by atoms with Gasteiger partial charge in [0.05, 0.1) is 5.75 Å². The van der Waals surface area contributed by atoms with Crippen molar-refractivity contribution in [2.24, 2.45) is 0 Å². The maximum absolute atomic E-state index is 11.1. The van der Waals surface area contributed by atoms with Crippen LogP contribution < -0.4 is 4.72 Å². The van der Waals surface area contributed by atoms with Crippen molar-refractivity contribution in [2.75, 3.05) is 5.75 Å². The Labute approximate surface area is 93.5 Å². The normalized spacial score (nSPS) is 13.3. The van der Waals surface area contributed by atoms with Gasteiger partial charge in [-0.05, 0) is 19.8 Å². The van der Waals surface area contributed by atoms with Crippen molar-refractivity contribution >= 4 is 22.0 Å². The maximum Gasteiger partial charge on any atom is 0.321 e. The van der Waals surface area contributed by atoms with Gasteiger partial charge in [-0.15, -0.1) is 0 Å². The summed E-state index contributed by atoms with van der Waals surface area (Å²) in [6.07, 6.45) is -0.114. The third-order valence-corrected chi connectivity index (χ3v) is 3.29. The van der Waals surface area contributed by atoms with Crippen LogP contribution in [-0.2, 0) is 19.6 Å².